The van der Waals surface area contributed by atoms with Crippen LogP contribution >= 0.6 is 23.2 Å². The first-order valence-electron chi connectivity index (χ1n) is 6.67. The van der Waals surface area contributed by atoms with Crippen molar-refractivity contribution in [3.05, 3.63) is 63.1 Å². The van der Waals surface area contributed by atoms with Crippen molar-refractivity contribution >= 4 is 34.8 Å². The Morgan fingerprint density at radius 2 is 1.76 bits per heavy atom. The summed E-state index contributed by atoms with van der Waals surface area (Å²) in [4.78, 5) is 14.4. The SMILES string of the molecule is Nc1cccc2c1CCN(C(=O)c1c(Cl)cccc1Cl)C2. The Bertz CT molecular complexity index is 695. The van der Waals surface area contributed by atoms with Crippen LogP contribution in [0, 0.1) is 0 Å². The Balaban J connectivity index is 1.91. The summed E-state index contributed by atoms with van der Waals surface area (Å²) in [6.07, 6.45) is 0.746. The predicted octanol–water partition coefficient (Wildman–Crippen LogP) is 3.77. The molecule has 1 aliphatic heterocycles. The molecule has 0 bridgehead atoms. The number of carbonyl (C=O) groups is 1. The number of hydrogen-bond acceptors (Lipinski definition) is 2. The summed E-state index contributed by atoms with van der Waals surface area (Å²) in [6.45, 7) is 1.14. The molecular formula is C16H14Cl2N2O. The van der Waals surface area contributed by atoms with Crippen molar-refractivity contribution < 1.29 is 4.79 Å². The lowest BCUT2D eigenvalue weighted by Crippen LogP contribution is -2.36. The highest BCUT2D eigenvalue weighted by Crippen LogP contribution is 2.29. The number of anilines is 1. The minimum Gasteiger partial charge on any atom is -0.398 e. The maximum absolute atomic E-state index is 12.7. The van der Waals surface area contributed by atoms with Crippen LogP contribution in [0.15, 0.2) is 36.4 Å². The van der Waals surface area contributed by atoms with Gasteiger partial charge < -0.3 is 10.6 Å². The third-order valence-corrected chi connectivity index (χ3v) is 4.40. The van der Waals surface area contributed by atoms with Gasteiger partial charge in [-0.3, -0.25) is 4.79 Å². The van der Waals surface area contributed by atoms with Gasteiger partial charge in [0, 0.05) is 18.8 Å². The van der Waals surface area contributed by atoms with Crippen LogP contribution in [-0.2, 0) is 13.0 Å². The van der Waals surface area contributed by atoms with E-state index in [0.29, 0.717) is 28.7 Å². The monoisotopic (exact) mass is 320 g/mol. The Morgan fingerprint density at radius 1 is 1.10 bits per heavy atom. The molecule has 3 rings (SSSR count). The lowest BCUT2D eigenvalue weighted by molar-refractivity contribution is 0.0735. The van der Waals surface area contributed by atoms with Gasteiger partial charge in [0.2, 0.25) is 0 Å². The van der Waals surface area contributed by atoms with Gasteiger partial charge in [0.1, 0.15) is 0 Å². The largest absolute Gasteiger partial charge is 0.398 e. The van der Waals surface area contributed by atoms with Gasteiger partial charge in [-0.25, -0.2) is 0 Å². The van der Waals surface area contributed by atoms with E-state index < -0.39 is 0 Å². The molecule has 2 N–H and O–H groups in total. The Labute approximate surface area is 133 Å². The average molecular weight is 321 g/mol. The molecule has 0 radical (unpaired) electrons. The van der Waals surface area contributed by atoms with Crippen LogP contribution in [0.5, 0.6) is 0 Å². The van der Waals surface area contributed by atoms with Gasteiger partial charge in [0.05, 0.1) is 15.6 Å². The highest BCUT2D eigenvalue weighted by atomic mass is 35.5. The van der Waals surface area contributed by atoms with Crippen molar-refractivity contribution in [3.63, 3.8) is 0 Å². The van der Waals surface area contributed by atoms with Crippen LogP contribution in [0.1, 0.15) is 21.5 Å². The molecule has 0 atom stereocenters. The number of nitrogens with two attached hydrogens (primary N) is 1. The highest BCUT2D eigenvalue weighted by Gasteiger charge is 2.25. The summed E-state index contributed by atoms with van der Waals surface area (Å²) in [7, 11) is 0. The number of benzene rings is 2. The molecule has 0 aromatic heterocycles. The van der Waals surface area contributed by atoms with Crippen LogP contribution < -0.4 is 5.73 Å². The summed E-state index contributed by atoms with van der Waals surface area (Å²) in [5.41, 5.74) is 9.35. The minimum absolute atomic E-state index is 0.140. The van der Waals surface area contributed by atoms with Crippen molar-refractivity contribution in [2.45, 2.75) is 13.0 Å². The molecular weight excluding hydrogens is 307 g/mol. The fourth-order valence-electron chi connectivity index (χ4n) is 2.67. The molecule has 0 aliphatic carbocycles. The number of hydrogen-bond donors (Lipinski definition) is 1. The maximum Gasteiger partial charge on any atom is 0.257 e. The van der Waals surface area contributed by atoms with Crippen molar-refractivity contribution in [1.82, 2.24) is 4.90 Å². The molecule has 108 valence electrons. The van der Waals surface area contributed by atoms with Crippen molar-refractivity contribution in [3.8, 4) is 0 Å². The number of nitrogen functional groups attached to an aromatic ring is 1. The molecule has 3 nitrogen and oxygen atoms in total. The molecule has 0 saturated carbocycles. The average Bonchev–Trinajstić information content (AvgIpc) is 2.47. The zero-order valence-corrected chi connectivity index (χ0v) is 12.8. The Hall–Kier alpha value is -1.71. The van der Waals surface area contributed by atoms with Gasteiger partial charge in [-0.15, -0.1) is 0 Å². The van der Waals surface area contributed by atoms with Crippen LogP contribution in [0.4, 0.5) is 5.69 Å². The molecule has 1 heterocycles. The summed E-state index contributed by atoms with van der Waals surface area (Å²) in [5, 5.41) is 0.761. The van der Waals surface area contributed by atoms with E-state index in [1.54, 1.807) is 23.1 Å². The molecule has 2 aromatic rings. The van der Waals surface area contributed by atoms with Gasteiger partial charge in [0.25, 0.3) is 5.91 Å². The minimum atomic E-state index is -0.140. The summed E-state index contributed by atoms with van der Waals surface area (Å²) in [5.74, 6) is -0.140. The second-order valence-electron chi connectivity index (χ2n) is 5.06. The van der Waals surface area contributed by atoms with E-state index in [-0.39, 0.29) is 5.91 Å². The van der Waals surface area contributed by atoms with Gasteiger partial charge >= 0.3 is 0 Å². The zero-order valence-electron chi connectivity index (χ0n) is 11.3. The maximum atomic E-state index is 12.7. The predicted molar refractivity (Wildman–Crippen MR) is 85.8 cm³/mol. The van der Waals surface area contributed by atoms with E-state index in [1.807, 2.05) is 18.2 Å². The summed E-state index contributed by atoms with van der Waals surface area (Å²) in [6, 6.07) is 10.9. The number of fused-ring (bicyclic) bond motifs is 1. The number of carbonyl (C=O) groups excluding carboxylic acids is 1. The number of nitrogens with zero attached hydrogens (tertiary/aromatic N) is 1. The fraction of sp³-hybridized carbons (Fsp3) is 0.188. The van der Waals surface area contributed by atoms with Gasteiger partial charge in [-0.05, 0) is 35.7 Å². The van der Waals surface area contributed by atoms with Crippen LogP contribution in [0.3, 0.4) is 0 Å². The lowest BCUT2D eigenvalue weighted by atomic mass is 9.97. The molecule has 0 spiro atoms. The van der Waals surface area contributed by atoms with E-state index in [0.717, 1.165) is 23.2 Å². The summed E-state index contributed by atoms with van der Waals surface area (Å²) < 4.78 is 0. The molecule has 2 aromatic carbocycles. The lowest BCUT2D eigenvalue weighted by Gasteiger charge is -2.30. The van der Waals surface area contributed by atoms with E-state index in [1.165, 1.54) is 0 Å². The van der Waals surface area contributed by atoms with E-state index >= 15 is 0 Å². The van der Waals surface area contributed by atoms with E-state index in [4.69, 9.17) is 28.9 Å². The topological polar surface area (TPSA) is 46.3 Å². The van der Waals surface area contributed by atoms with Crippen molar-refractivity contribution in [1.29, 1.82) is 0 Å². The first-order chi connectivity index (χ1) is 10.1. The Kier molecular flexibility index (Phi) is 3.79. The molecule has 21 heavy (non-hydrogen) atoms. The van der Waals surface area contributed by atoms with Gasteiger partial charge in [0.15, 0.2) is 0 Å². The van der Waals surface area contributed by atoms with Gasteiger partial charge in [-0.1, -0.05) is 41.4 Å². The molecule has 1 amide bonds. The number of rotatable bonds is 1. The smallest absolute Gasteiger partial charge is 0.257 e. The normalized spacial score (nSPS) is 13.9. The van der Waals surface area contributed by atoms with Crippen LogP contribution in [0.2, 0.25) is 10.0 Å². The van der Waals surface area contributed by atoms with Crippen LogP contribution in [-0.4, -0.2) is 17.4 Å². The second-order valence-corrected chi connectivity index (χ2v) is 5.87. The third-order valence-electron chi connectivity index (χ3n) is 3.77. The quantitative estimate of drug-likeness (QED) is 0.813. The zero-order chi connectivity index (χ0) is 15.0. The summed E-state index contributed by atoms with van der Waals surface area (Å²) >= 11 is 12.2. The third kappa shape index (κ3) is 2.59. The van der Waals surface area contributed by atoms with Crippen LogP contribution in [0.25, 0.3) is 0 Å². The second kappa shape index (κ2) is 5.58. The first-order valence-corrected chi connectivity index (χ1v) is 7.43. The van der Waals surface area contributed by atoms with E-state index in [9.17, 15) is 4.79 Å². The molecule has 0 unspecified atom stereocenters. The standard InChI is InChI=1S/C16H14Cl2N2O/c17-12-4-2-5-13(18)15(12)16(21)20-8-7-11-10(9-20)3-1-6-14(11)19/h1-6H,7-9,19H2. The Morgan fingerprint density at radius 3 is 2.48 bits per heavy atom. The fourth-order valence-corrected chi connectivity index (χ4v) is 3.23. The van der Waals surface area contributed by atoms with E-state index in [2.05, 4.69) is 0 Å². The van der Waals surface area contributed by atoms with Crippen molar-refractivity contribution in [2.24, 2.45) is 0 Å². The first kappa shape index (κ1) is 14.2. The number of amides is 1. The molecule has 1 aliphatic rings. The highest BCUT2D eigenvalue weighted by molar-refractivity contribution is 6.39. The van der Waals surface area contributed by atoms with Gasteiger partial charge in [-0.2, -0.15) is 0 Å². The van der Waals surface area contributed by atoms with Crippen molar-refractivity contribution in [2.75, 3.05) is 12.3 Å². The molecule has 5 heteroatoms. The number of halogens is 2. The molecule has 0 saturated heterocycles. The molecule has 0 fully saturated rings.